The highest BCUT2D eigenvalue weighted by Crippen LogP contribution is 2.21. The van der Waals surface area contributed by atoms with E-state index in [2.05, 4.69) is 47.5 Å². The van der Waals surface area contributed by atoms with Crippen molar-refractivity contribution in [1.82, 2.24) is 10.2 Å². The largest absolute Gasteiger partial charge is 0.380 e. The van der Waals surface area contributed by atoms with Gasteiger partial charge in [-0.05, 0) is 12.5 Å². The average molecular weight is 234 g/mol. The first-order valence-electron chi connectivity index (χ1n) is 6.49. The molecule has 1 atom stereocenters. The van der Waals surface area contributed by atoms with E-state index in [1.807, 2.05) is 0 Å². The zero-order chi connectivity index (χ0) is 11.9. The quantitative estimate of drug-likeness (QED) is 0.838. The van der Waals surface area contributed by atoms with Gasteiger partial charge in [0.2, 0.25) is 0 Å². The van der Waals surface area contributed by atoms with Crippen LogP contribution < -0.4 is 5.32 Å². The summed E-state index contributed by atoms with van der Waals surface area (Å²) in [4.78, 5) is 2.52. The molecule has 1 heterocycles. The molecule has 1 aliphatic rings. The standard InChI is InChI=1S/C14H22N2O/c1-2-17-12-14(13-6-4-3-5-7-13)16-10-8-15-9-11-16/h3-7,14-15H,2,8-12H2,1H3. The van der Waals surface area contributed by atoms with Crippen molar-refractivity contribution in [2.75, 3.05) is 39.4 Å². The second-order valence-corrected chi connectivity index (χ2v) is 4.37. The van der Waals surface area contributed by atoms with Crippen molar-refractivity contribution in [2.45, 2.75) is 13.0 Å². The monoisotopic (exact) mass is 234 g/mol. The minimum absolute atomic E-state index is 0.401. The van der Waals surface area contributed by atoms with Gasteiger partial charge in [-0.3, -0.25) is 4.90 Å². The van der Waals surface area contributed by atoms with Crippen LogP contribution in [0, 0.1) is 0 Å². The molecule has 3 heteroatoms. The van der Waals surface area contributed by atoms with Gasteiger partial charge in [0.25, 0.3) is 0 Å². The summed E-state index contributed by atoms with van der Waals surface area (Å²) in [5.74, 6) is 0. The number of hydrogen-bond acceptors (Lipinski definition) is 3. The van der Waals surface area contributed by atoms with Crippen molar-refractivity contribution < 1.29 is 4.74 Å². The summed E-state index contributed by atoms with van der Waals surface area (Å²) < 4.78 is 5.64. The molecule has 0 saturated carbocycles. The highest BCUT2D eigenvalue weighted by Gasteiger charge is 2.21. The van der Waals surface area contributed by atoms with E-state index in [4.69, 9.17) is 4.74 Å². The Kier molecular flexibility index (Phi) is 4.98. The second-order valence-electron chi connectivity index (χ2n) is 4.37. The number of piperazine rings is 1. The number of nitrogens with one attached hydrogen (secondary N) is 1. The van der Waals surface area contributed by atoms with Crippen molar-refractivity contribution >= 4 is 0 Å². The first-order chi connectivity index (χ1) is 8.42. The van der Waals surface area contributed by atoms with E-state index in [0.717, 1.165) is 39.4 Å². The molecule has 0 bridgehead atoms. The van der Waals surface area contributed by atoms with Crippen LogP contribution in [0.3, 0.4) is 0 Å². The molecular formula is C14H22N2O. The first kappa shape index (κ1) is 12.6. The van der Waals surface area contributed by atoms with E-state index in [-0.39, 0.29) is 0 Å². The van der Waals surface area contributed by atoms with E-state index in [1.165, 1.54) is 5.56 Å². The Hall–Kier alpha value is -0.900. The lowest BCUT2D eigenvalue weighted by Crippen LogP contribution is -2.46. The van der Waals surface area contributed by atoms with Gasteiger partial charge in [0.05, 0.1) is 12.6 Å². The fourth-order valence-electron chi connectivity index (χ4n) is 2.31. The van der Waals surface area contributed by atoms with Gasteiger partial charge in [-0.15, -0.1) is 0 Å². The Morgan fingerprint density at radius 1 is 1.24 bits per heavy atom. The normalized spacial score (nSPS) is 19.1. The molecule has 17 heavy (non-hydrogen) atoms. The van der Waals surface area contributed by atoms with Crippen molar-refractivity contribution in [3.8, 4) is 0 Å². The maximum Gasteiger partial charge on any atom is 0.0663 e. The zero-order valence-corrected chi connectivity index (χ0v) is 10.6. The molecule has 3 nitrogen and oxygen atoms in total. The summed E-state index contributed by atoms with van der Waals surface area (Å²) in [5.41, 5.74) is 1.36. The third-order valence-electron chi connectivity index (χ3n) is 3.26. The van der Waals surface area contributed by atoms with E-state index >= 15 is 0 Å². The third kappa shape index (κ3) is 3.53. The summed E-state index contributed by atoms with van der Waals surface area (Å²) in [5, 5.41) is 3.39. The molecular weight excluding hydrogens is 212 g/mol. The molecule has 1 aromatic carbocycles. The third-order valence-corrected chi connectivity index (χ3v) is 3.26. The summed E-state index contributed by atoms with van der Waals surface area (Å²) in [6.07, 6.45) is 0. The van der Waals surface area contributed by atoms with Crippen molar-refractivity contribution in [2.24, 2.45) is 0 Å². The highest BCUT2D eigenvalue weighted by molar-refractivity contribution is 5.19. The lowest BCUT2D eigenvalue weighted by atomic mass is 10.1. The SMILES string of the molecule is CCOCC(c1ccccc1)N1CCNCC1. The Morgan fingerprint density at radius 3 is 2.59 bits per heavy atom. The summed E-state index contributed by atoms with van der Waals surface area (Å²) in [7, 11) is 0. The molecule has 1 aliphatic heterocycles. The topological polar surface area (TPSA) is 24.5 Å². The lowest BCUT2D eigenvalue weighted by molar-refractivity contribution is 0.0589. The van der Waals surface area contributed by atoms with Crippen LogP contribution in [0.15, 0.2) is 30.3 Å². The molecule has 1 N–H and O–H groups in total. The predicted octanol–water partition coefficient (Wildman–Crippen LogP) is 1.67. The Bertz CT molecular complexity index is 309. The van der Waals surface area contributed by atoms with Gasteiger partial charge in [-0.1, -0.05) is 30.3 Å². The minimum Gasteiger partial charge on any atom is -0.380 e. The van der Waals surface area contributed by atoms with Crippen LogP contribution in [-0.4, -0.2) is 44.3 Å². The van der Waals surface area contributed by atoms with Crippen LogP contribution in [-0.2, 0) is 4.74 Å². The van der Waals surface area contributed by atoms with Gasteiger partial charge in [0.15, 0.2) is 0 Å². The molecule has 0 radical (unpaired) electrons. The number of rotatable bonds is 5. The minimum atomic E-state index is 0.401. The highest BCUT2D eigenvalue weighted by atomic mass is 16.5. The number of nitrogens with zero attached hydrogens (tertiary/aromatic N) is 1. The van der Waals surface area contributed by atoms with Crippen LogP contribution in [0.1, 0.15) is 18.5 Å². The van der Waals surface area contributed by atoms with Crippen molar-refractivity contribution in [3.05, 3.63) is 35.9 Å². The number of ether oxygens (including phenoxy) is 1. The van der Waals surface area contributed by atoms with Gasteiger partial charge in [0.1, 0.15) is 0 Å². The van der Waals surface area contributed by atoms with Gasteiger partial charge in [-0.2, -0.15) is 0 Å². The molecule has 94 valence electrons. The van der Waals surface area contributed by atoms with E-state index in [9.17, 15) is 0 Å². The molecule has 0 spiro atoms. The first-order valence-corrected chi connectivity index (χ1v) is 6.49. The maximum atomic E-state index is 5.64. The molecule has 0 amide bonds. The fraction of sp³-hybridized carbons (Fsp3) is 0.571. The van der Waals surface area contributed by atoms with E-state index in [0.29, 0.717) is 6.04 Å². The number of benzene rings is 1. The Labute approximate surface area is 104 Å². The molecule has 0 aliphatic carbocycles. The van der Waals surface area contributed by atoms with Crippen LogP contribution in [0.25, 0.3) is 0 Å². The Balaban J connectivity index is 2.06. The lowest BCUT2D eigenvalue weighted by Gasteiger charge is -2.35. The van der Waals surface area contributed by atoms with E-state index < -0.39 is 0 Å². The van der Waals surface area contributed by atoms with Crippen molar-refractivity contribution in [3.63, 3.8) is 0 Å². The van der Waals surface area contributed by atoms with Crippen LogP contribution >= 0.6 is 0 Å². The smallest absolute Gasteiger partial charge is 0.0663 e. The molecule has 1 unspecified atom stereocenters. The maximum absolute atomic E-state index is 5.64. The Morgan fingerprint density at radius 2 is 1.94 bits per heavy atom. The van der Waals surface area contributed by atoms with Crippen LogP contribution in [0.2, 0.25) is 0 Å². The molecule has 2 rings (SSSR count). The molecule has 1 fully saturated rings. The number of hydrogen-bond donors (Lipinski definition) is 1. The van der Waals surface area contributed by atoms with Gasteiger partial charge in [-0.25, -0.2) is 0 Å². The van der Waals surface area contributed by atoms with Crippen LogP contribution in [0.5, 0.6) is 0 Å². The molecule has 0 aromatic heterocycles. The summed E-state index contributed by atoms with van der Waals surface area (Å²) in [6, 6.07) is 11.1. The van der Waals surface area contributed by atoms with Crippen molar-refractivity contribution in [1.29, 1.82) is 0 Å². The predicted molar refractivity (Wildman–Crippen MR) is 70.1 cm³/mol. The average Bonchev–Trinajstić information content (AvgIpc) is 2.42. The second kappa shape index (κ2) is 6.74. The zero-order valence-electron chi connectivity index (χ0n) is 10.6. The van der Waals surface area contributed by atoms with Gasteiger partial charge < -0.3 is 10.1 Å². The van der Waals surface area contributed by atoms with E-state index in [1.54, 1.807) is 0 Å². The fourth-order valence-corrected chi connectivity index (χ4v) is 2.31. The van der Waals surface area contributed by atoms with Gasteiger partial charge >= 0.3 is 0 Å². The van der Waals surface area contributed by atoms with Crippen LogP contribution in [0.4, 0.5) is 0 Å². The summed E-state index contributed by atoms with van der Waals surface area (Å²) in [6.45, 7) is 8.00. The van der Waals surface area contributed by atoms with Gasteiger partial charge in [0, 0.05) is 32.8 Å². The molecule has 1 aromatic rings. The summed E-state index contributed by atoms with van der Waals surface area (Å²) >= 11 is 0. The molecule has 1 saturated heterocycles.